The lowest BCUT2D eigenvalue weighted by molar-refractivity contribution is 0.386. The Labute approximate surface area is 97.3 Å². The second-order valence-electron chi connectivity index (χ2n) is 3.26. The maximum atomic E-state index is 13.5. The molecule has 0 saturated carbocycles. The Hall–Kier alpha value is -2.48. The molecule has 1 aromatic carbocycles. The summed E-state index contributed by atoms with van der Waals surface area (Å²) in [6.45, 7) is 0. The van der Waals surface area contributed by atoms with E-state index in [0.717, 1.165) is 0 Å². The number of hydrogen-bond donors (Lipinski definition) is 0. The number of nitrogens with zero attached hydrogens (tertiary/aromatic N) is 3. The third-order valence-electron chi connectivity index (χ3n) is 2.23. The first-order chi connectivity index (χ1) is 8.24. The highest BCUT2D eigenvalue weighted by Gasteiger charge is 2.06. The third-order valence-corrected chi connectivity index (χ3v) is 2.23. The van der Waals surface area contributed by atoms with Crippen LogP contribution in [0.15, 0.2) is 30.3 Å². The van der Waals surface area contributed by atoms with Gasteiger partial charge < -0.3 is 4.74 Å². The molecule has 0 aliphatic carbocycles. The van der Waals surface area contributed by atoms with Gasteiger partial charge in [0.05, 0.1) is 12.8 Å². The average Bonchev–Trinajstić information content (AvgIpc) is 2.39. The van der Waals surface area contributed by atoms with Crippen molar-refractivity contribution in [3.8, 4) is 23.1 Å². The minimum absolute atomic E-state index is 0.176. The van der Waals surface area contributed by atoms with Crippen molar-refractivity contribution in [3.63, 3.8) is 0 Å². The standard InChI is InChI=1S/C12H8FN3O/c1-17-12-5-2-8(6-10(12)13)11-4-3-9(7-14)15-16-11/h2-6H,1H3. The summed E-state index contributed by atoms with van der Waals surface area (Å²) in [5, 5.41) is 16.1. The molecule has 0 atom stereocenters. The predicted molar refractivity (Wildman–Crippen MR) is 58.7 cm³/mol. The lowest BCUT2D eigenvalue weighted by atomic mass is 10.1. The van der Waals surface area contributed by atoms with Crippen LogP contribution in [-0.2, 0) is 0 Å². The summed E-state index contributed by atoms with van der Waals surface area (Å²) in [5.74, 6) is -0.286. The van der Waals surface area contributed by atoms with Crippen LogP contribution in [0.5, 0.6) is 5.75 Å². The van der Waals surface area contributed by atoms with Gasteiger partial charge in [0.15, 0.2) is 17.3 Å². The van der Waals surface area contributed by atoms with Crippen LogP contribution in [0, 0.1) is 17.1 Å². The maximum absolute atomic E-state index is 13.5. The van der Waals surface area contributed by atoms with Crippen LogP contribution in [-0.4, -0.2) is 17.3 Å². The molecule has 1 heterocycles. The zero-order chi connectivity index (χ0) is 12.3. The first-order valence-corrected chi connectivity index (χ1v) is 4.82. The molecule has 0 spiro atoms. The van der Waals surface area contributed by atoms with Gasteiger partial charge in [-0.1, -0.05) is 0 Å². The molecule has 17 heavy (non-hydrogen) atoms. The zero-order valence-corrected chi connectivity index (χ0v) is 9.01. The molecule has 1 aromatic heterocycles. The third kappa shape index (κ3) is 2.21. The van der Waals surface area contributed by atoms with Crippen molar-refractivity contribution in [3.05, 3.63) is 41.8 Å². The molecule has 84 valence electrons. The van der Waals surface area contributed by atoms with Crippen LogP contribution in [0.4, 0.5) is 4.39 Å². The largest absolute Gasteiger partial charge is 0.494 e. The number of methoxy groups -OCH3 is 1. The van der Waals surface area contributed by atoms with E-state index in [2.05, 4.69) is 10.2 Å². The first-order valence-electron chi connectivity index (χ1n) is 4.82. The van der Waals surface area contributed by atoms with Crippen molar-refractivity contribution in [2.24, 2.45) is 0 Å². The number of hydrogen-bond acceptors (Lipinski definition) is 4. The smallest absolute Gasteiger partial charge is 0.165 e. The van der Waals surface area contributed by atoms with E-state index in [1.807, 2.05) is 6.07 Å². The van der Waals surface area contributed by atoms with Gasteiger partial charge >= 0.3 is 0 Å². The number of halogens is 1. The Morgan fingerprint density at radius 3 is 2.59 bits per heavy atom. The summed E-state index contributed by atoms with van der Waals surface area (Å²) in [6.07, 6.45) is 0. The fraction of sp³-hybridized carbons (Fsp3) is 0.0833. The monoisotopic (exact) mass is 229 g/mol. The summed E-state index contributed by atoms with van der Waals surface area (Å²) in [4.78, 5) is 0. The van der Waals surface area contributed by atoms with Crippen LogP contribution in [0.25, 0.3) is 11.3 Å². The molecule has 4 nitrogen and oxygen atoms in total. The minimum atomic E-state index is -0.462. The highest BCUT2D eigenvalue weighted by molar-refractivity contribution is 5.60. The highest BCUT2D eigenvalue weighted by Crippen LogP contribution is 2.23. The van der Waals surface area contributed by atoms with Gasteiger partial charge in [-0.05, 0) is 30.3 Å². The van der Waals surface area contributed by atoms with Crippen molar-refractivity contribution in [2.45, 2.75) is 0 Å². The molecule has 0 aliphatic heterocycles. The van der Waals surface area contributed by atoms with Gasteiger partial charge in [0.25, 0.3) is 0 Å². The molecule has 0 fully saturated rings. The fourth-order valence-electron chi connectivity index (χ4n) is 1.37. The van der Waals surface area contributed by atoms with Crippen molar-refractivity contribution in [1.29, 1.82) is 5.26 Å². The predicted octanol–water partition coefficient (Wildman–Crippen LogP) is 2.16. The van der Waals surface area contributed by atoms with Crippen molar-refractivity contribution in [2.75, 3.05) is 7.11 Å². The van der Waals surface area contributed by atoms with E-state index in [-0.39, 0.29) is 11.4 Å². The van der Waals surface area contributed by atoms with Crippen LogP contribution < -0.4 is 4.74 Å². The van der Waals surface area contributed by atoms with Gasteiger partial charge in [-0.15, -0.1) is 10.2 Å². The summed E-state index contributed by atoms with van der Waals surface area (Å²) in [7, 11) is 1.40. The summed E-state index contributed by atoms with van der Waals surface area (Å²) in [5.41, 5.74) is 1.31. The Balaban J connectivity index is 2.40. The number of nitriles is 1. The van der Waals surface area contributed by atoms with Crippen LogP contribution in [0.2, 0.25) is 0 Å². The quantitative estimate of drug-likeness (QED) is 0.791. The van der Waals surface area contributed by atoms with E-state index in [0.29, 0.717) is 11.3 Å². The number of ether oxygens (including phenoxy) is 1. The molecule has 0 radical (unpaired) electrons. The molecule has 2 aromatic rings. The molecule has 5 heteroatoms. The minimum Gasteiger partial charge on any atom is -0.494 e. The maximum Gasteiger partial charge on any atom is 0.165 e. The Bertz CT molecular complexity index is 575. The van der Waals surface area contributed by atoms with E-state index < -0.39 is 5.82 Å². The van der Waals surface area contributed by atoms with Gasteiger partial charge in [-0.3, -0.25) is 0 Å². The van der Waals surface area contributed by atoms with Crippen molar-refractivity contribution >= 4 is 0 Å². The van der Waals surface area contributed by atoms with Crippen molar-refractivity contribution < 1.29 is 9.13 Å². The van der Waals surface area contributed by atoms with Gasteiger partial charge in [0.1, 0.15) is 6.07 Å². The molecular formula is C12H8FN3O. The SMILES string of the molecule is COc1ccc(-c2ccc(C#N)nn2)cc1F. The van der Waals surface area contributed by atoms with E-state index in [9.17, 15) is 4.39 Å². The van der Waals surface area contributed by atoms with Gasteiger partial charge in [0.2, 0.25) is 0 Å². The van der Waals surface area contributed by atoms with E-state index >= 15 is 0 Å². The van der Waals surface area contributed by atoms with Gasteiger partial charge in [-0.25, -0.2) is 4.39 Å². The van der Waals surface area contributed by atoms with Crippen molar-refractivity contribution in [1.82, 2.24) is 10.2 Å². The molecule has 0 amide bonds. The molecule has 0 unspecified atom stereocenters. The molecule has 0 saturated heterocycles. The Morgan fingerprint density at radius 1 is 1.24 bits per heavy atom. The fourth-order valence-corrected chi connectivity index (χ4v) is 1.37. The average molecular weight is 229 g/mol. The topological polar surface area (TPSA) is 58.8 Å². The zero-order valence-electron chi connectivity index (χ0n) is 9.01. The number of aromatic nitrogens is 2. The molecule has 0 bridgehead atoms. The second-order valence-corrected chi connectivity index (χ2v) is 3.26. The first kappa shape index (κ1) is 11.0. The highest BCUT2D eigenvalue weighted by atomic mass is 19.1. The lowest BCUT2D eigenvalue weighted by Gasteiger charge is -2.04. The van der Waals surface area contributed by atoms with Crippen LogP contribution >= 0.6 is 0 Å². The summed E-state index contributed by atoms with van der Waals surface area (Å²) in [6, 6.07) is 9.53. The lowest BCUT2D eigenvalue weighted by Crippen LogP contribution is -1.92. The summed E-state index contributed by atoms with van der Waals surface area (Å²) < 4.78 is 18.3. The second kappa shape index (κ2) is 4.58. The van der Waals surface area contributed by atoms with Gasteiger partial charge in [0, 0.05) is 5.56 Å². The Kier molecular flexibility index (Phi) is 2.97. The van der Waals surface area contributed by atoms with Crippen LogP contribution in [0.1, 0.15) is 5.69 Å². The number of benzene rings is 1. The van der Waals surface area contributed by atoms with Gasteiger partial charge in [-0.2, -0.15) is 5.26 Å². The summed E-state index contributed by atoms with van der Waals surface area (Å²) >= 11 is 0. The van der Waals surface area contributed by atoms with E-state index in [1.165, 1.54) is 25.3 Å². The number of rotatable bonds is 2. The normalized spacial score (nSPS) is 9.71. The molecule has 0 aliphatic rings. The molecular weight excluding hydrogens is 221 g/mol. The molecule has 0 N–H and O–H groups in total. The van der Waals surface area contributed by atoms with E-state index in [4.69, 9.17) is 10.00 Å². The Morgan fingerprint density at radius 2 is 2.06 bits per heavy atom. The van der Waals surface area contributed by atoms with Crippen LogP contribution in [0.3, 0.4) is 0 Å². The van der Waals surface area contributed by atoms with E-state index in [1.54, 1.807) is 12.1 Å². The molecule has 2 rings (SSSR count).